The van der Waals surface area contributed by atoms with Gasteiger partial charge in [-0.15, -0.1) is 0 Å². The minimum absolute atomic E-state index is 0.149. The number of carbonyl (C=O) groups excluding carboxylic acids is 2. The van der Waals surface area contributed by atoms with Crippen LogP contribution in [0.4, 0.5) is 0 Å². The predicted molar refractivity (Wildman–Crippen MR) is 68.8 cm³/mol. The summed E-state index contributed by atoms with van der Waals surface area (Å²) in [6.45, 7) is 8.72. The van der Waals surface area contributed by atoms with E-state index in [1.54, 1.807) is 0 Å². The number of primary amides is 1. The molecule has 1 rings (SSSR count). The lowest BCUT2D eigenvalue weighted by Gasteiger charge is -2.35. The van der Waals surface area contributed by atoms with Gasteiger partial charge in [0.15, 0.2) is 0 Å². The Kier molecular flexibility index (Phi) is 4.73. The molecule has 1 aliphatic heterocycles. The highest BCUT2D eigenvalue weighted by molar-refractivity contribution is 5.78. The molecular weight excluding hydrogens is 232 g/mol. The summed E-state index contributed by atoms with van der Waals surface area (Å²) in [5.41, 5.74) is 4.84. The van der Waals surface area contributed by atoms with E-state index in [2.05, 4.69) is 0 Å². The van der Waals surface area contributed by atoms with Gasteiger partial charge in [-0.25, -0.2) is 0 Å². The van der Waals surface area contributed by atoms with Crippen molar-refractivity contribution in [3.63, 3.8) is 0 Å². The van der Waals surface area contributed by atoms with Crippen molar-refractivity contribution < 1.29 is 14.3 Å². The van der Waals surface area contributed by atoms with Gasteiger partial charge in [-0.05, 0) is 47.1 Å². The monoisotopic (exact) mass is 256 g/mol. The molecule has 0 bridgehead atoms. The predicted octanol–water partition coefficient (Wildman–Crippen LogP) is 0.914. The molecule has 0 spiro atoms. The van der Waals surface area contributed by atoms with Gasteiger partial charge in [-0.2, -0.15) is 0 Å². The molecule has 5 nitrogen and oxygen atoms in total. The highest BCUT2D eigenvalue weighted by Crippen LogP contribution is 2.19. The fourth-order valence-corrected chi connectivity index (χ4v) is 2.13. The van der Waals surface area contributed by atoms with E-state index < -0.39 is 5.60 Å². The third kappa shape index (κ3) is 4.29. The van der Waals surface area contributed by atoms with Crippen molar-refractivity contribution in [3.05, 3.63) is 0 Å². The van der Waals surface area contributed by atoms with Crippen LogP contribution in [0, 0.1) is 5.92 Å². The van der Waals surface area contributed by atoms with Crippen molar-refractivity contribution in [1.82, 2.24) is 4.90 Å². The lowest BCUT2D eigenvalue weighted by atomic mass is 9.96. The smallest absolute Gasteiger partial charge is 0.323 e. The summed E-state index contributed by atoms with van der Waals surface area (Å²) in [7, 11) is 0. The first kappa shape index (κ1) is 15.0. The van der Waals surface area contributed by atoms with Crippen LogP contribution in [-0.4, -0.2) is 41.5 Å². The average molecular weight is 256 g/mol. The number of ether oxygens (including phenoxy) is 1. The number of esters is 1. The molecule has 0 saturated carbocycles. The summed E-state index contributed by atoms with van der Waals surface area (Å²) in [4.78, 5) is 25.1. The van der Waals surface area contributed by atoms with E-state index in [9.17, 15) is 9.59 Å². The Labute approximate surface area is 109 Å². The van der Waals surface area contributed by atoms with Crippen molar-refractivity contribution in [2.45, 2.75) is 52.2 Å². The zero-order valence-electron chi connectivity index (χ0n) is 11.7. The van der Waals surface area contributed by atoms with Crippen molar-refractivity contribution in [2.75, 3.05) is 13.1 Å². The Morgan fingerprint density at radius 1 is 1.39 bits per heavy atom. The van der Waals surface area contributed by atoms with Crippen LogP contribution < -0.4 is 5.73 Å². The highest BCUT2D eigenvalue weighted by atomic mass is 16.6. The van der Waals surface area contributed by atoms with E-state index in [1.165, 1.54) is 0 Å². The van der Waals surface area contributed by atoms with Crippen molar-refractivity contribution >= 4 is 11.9 Å². The van der Waals surface area contributed by atoms with Gasteiger partial charge in [0.25, 0.3) is 0 Å². The molecule has 2 N–H and O–H groups in total. The molecule has 2 unspecified atom stereocenters. The first-order valence-electron chi connectivity index (χ1n) is 6.47. The van der Waals surface area contributed by atoms with E-state index >= 15 is 0 Å². The molecule has 0 radical (unpaired) electrons. The second-order valence-electron chi connectivity index (χ2n) is 5.95. The summed E-state index contributed by atoms with van der Waals surface area (Å²) in [5.74, 6) is -0.674. The number of nitrogens with two attached hydrogens (primary N) is 1. The molecule has 0 aliphatic carbocycles. The minimum atomic E-state index is -0.482. The van der Waals surface area contributed by atoms with Crippen LogP contribution in [0.5, 0.6) is 0 Å². The van der Waals surface area contributed by atoms with Crippen LogP contribution in [0.25, 0.3) is 0 Å². The average Bonchev–Trinajstić information content (AvgIpc) is 2.26. The lowest BCUT2D eigenvalue weighted by Crippen LogP contribution is -2.49. The summed E-state index contributed by atoms with van der Waals surface area (Å²) < 4.78 is 5.35. The fourth-order valence-electron chi connectivity index (χ4n) is 2.13. The van der Waals surface area contributed by atoms with Crippen LogP contribution in [0.15, 0.2) is 0 Å². The normalized spacial score (nSPS) is 23.4. The molecule has 18 heavy (non-hydrogen) atoms. The first-order chi connectivity index (χ1) is 8.20. The zero-order chi connectivity index (χ0) is 13.9. The summed E-state index contributed by atoms with van der Waals surface area (Å²) in [6.07, 6.45) is 1.70. The third-order valence-corrected chi connectivity index (χ3v) is 3.15. The summed E-state index contributed by atoms with van der Waals surface area (Å²) in [6, 6.07) is -0.327. The van der Waals surface area contributed by atoms with Crippen molar-refractivity contribution in [1.29, 1.82) is 0 Å². The van der Waals surface area contributed by atoms with Gasteiger partial charge in [0.2, 0.25) is 5.91 Å². The zero-order valence-corrected chi connectivity index (χ0v) is 11.7. The number of piperidine rings is 1. The Morgan fingerprint density at radius 2 is 2.00 bits per heavy atom. The van der Waals surface area contributed by atoms with Crippen LogP contribution >= 0.6 is 0 Å². The Hall–Kier alpha value is -1.10. The highest BCUT2D eigenvalue weighted by Gasteiger charge is 2.31. The maximum atomic E-state index is 12.0. The molecule has 5 heteroatoms. The lowest BCUT2D eigenvalue weighted by molar-refractivity contribution is -0.161. The van der Waals surface area contributed by atoms with Crippen LogP contribution in [0.3, 0.4) is 0 Å². The van der Waals surface area contributed by atoms with Gasteiger partial charge in [0.05, 0.1) is 5.92 Å². The topological polar surface area (TPSA) is 72.6 Å². The van der Waals surface area contributed by atoms with Crippen LogP contribution in [0.1, 0.15) is 40.5 Å². The van der Waals surface area contributed by atoms with E-state index in [4.69, 9.17) is 10.5 Å². The van der Waals surface area contributed by atoms with Gasteiger partial charge < -0.3 is 10.5 Å². The number of nitrogens with zero attached hydrogens (tertiary/aromatic N) is 1. The molecule has 1 amide bonds. The van der Waals surface area contributed by atoms with E-state index in [1.807, 2.05) is 32.6 Å². The van der Waals surface area contributed by atoms with Gasteiger partial charge >= 0.3 is 5.97 Å². The van der Waals surface area contributed by atoms with E-state index in [0.717, 1.165) is 19.4 Å². The first-order valence-corrected chi connectivity index (χ1v) is 6.47. The second kappa shape index (κ2) is 5.69. The maximum absolute atomic E-state index is 12.0. The Balaban J connectivity index is 2.58. The molecule has 0 aromatic heterocycles. The van der Waals surface area contributed by atoms with Crippen LogP contribution in [0.2, 0.25) is 0 Å². The number of carbonyl (C=O) groups is 2. The number of rotatable bonds is 3. The molecular formula is C13H24N2O3. The molecule has 0 aromatic carbocycles. The van der Waals surface area contributed by atoms with Crippen LogP contribution in [-0.2, 0) is 14.3 Å². The standard InChI is InChI=1S/C13H24N2O3/c1-9(12(17)18-13(2,3)4)15-7-5-6-10(8-15)11(14)16/h9-10H,5-8H2,1-4H3,(H2,14,16). The van der Waals surface area contributed by atoms with Gasteiger partial charge in [0, 0.05) is 6.54 Å². The number of amides is 1. The Bertz CT molecular complexity index is 323. The van der Waals surface area contributed by atoms with Crippen molar-refractivity contribution in [2.24, 2.45) is 11.7 Å². The molecule has 0 aromatic rings. The molecule has 1 aliphatic rings. The molecule has 1 saturated heterocycles. The third-order valence-electron chi connectivity index (χ3n) is 3.15. The minimum Gasteiger partial charge on any atom is -0.459 e. The number of hydrogen-bond donors (Lipinski definition) is 1. The largest absolute Gasteiger partial charge is 0.459 e. The van der Waals surface area contributed by atoms with Gasteiger partial charge in [0.1, 0.15) is 11.6 Å². The Morgan fingerprint density at radius 3 is 2.50 bits per heavy atom. The molecule has 104 valence electrons. The number of likely N-dealkylation sites (tertiary alicyclic amines) is 1. The second-order valence-corrected chi connectivity index (χ2v) is 5.95. The summed E-state index contributed by atoms with van der Waals surface area (Å²) in [5, 5.41) is 0. The van der Waals surface area contributed by atoms with Crippen molar-refractivity contribution in [3.8, 4) is 0 Å². The SMILES string of the molecule is CC(C(=O)OC(C)(C)C)N1CCCC(C(N)=O)C1. The van der Waals surface area contributed by atoms with Gasteiger partial charge in [-0.1, -0.05) is 0 Å². The van der Waals surface area contributed by atoms with E-state index in [-0.39, 0.29) is 23.8 Å². The van der Waals surface area contributed by atoms with E-state index in [0.29, 0.717) is 6.54 Å². The molecule has 1 heterocycles. The molecule has 1 fully saturated rings. The number of hydrogen-bond acceptors (Lipinski definition) is 4. The maximum Gasteiger partial charge on any atom is 0.323 e. The fraction of sp³-hybridized carbons (Fsp3) is 0.846. The molecule has 2 atom stereocenters. The quantitative estimate of drug-likeness (QED) is 0.762. The van der Waals surface area contributed by atoms with Gasteiger partial charge in [-0.3, -0.25) is 14.5 Å². The summed E-state index contributed by atoms with van der Waals surface area (Å²) >= 11 is 0.